The first-order valence-corrected chi connectivity index (χ1v) is 16.2. The van der Waals surface area contributed by atoms with Crippen LogP contribution in [0, 0.1) is 0 Å². The Morgan fingerprint density at radius 2 is 1.51 bits per heavy atom. The van der Waals surface area contributed by atoms with Crippen molar-refractivity contribution in [2.24, 2.45) is 0 Å². The van der Waals surface area contributed by atoms with Crippen LogP contribution in [0.1, 0.15) is 62.5 Å². The lowest BCUT2D eigenvalue weighted by Gasteiger charge is -2.30. The van der Waals surface area contributed by atoms with Crippen molar-refractivity contribution < 1.29 is 14.3 Å². The number of methoxy groups -OCH3 is 1. The Bertz CT molecular complexity index is 1280. The minimum atomic E-state index is 0.0124. The number of piperidine rings is 1. The molecular formula is C36H48N4O3. The largest absolute Gasteiger partial charge is 0.492 e. The standard InChI is InChI=1S/C36H48N4O3/c1-42-29-36(41)40-22-9-4-2-3-6-21-39(28-33-26-32(13-14-35(33)40)31-15-17-37-18-16-31)27-30-11-10-12-34(25-30)43-24-23-38-19-7-5-8-20-38/h10-18,25-26H,2-9,19-24,27-29H2,1H3. The maximum atomic E-state index is 13.3. The van der Waals surface area contributed by atoms with E-state index in [0.717, 1.165) is 80.2 Å². The summed E-state index contributed by atoms with van der Waals surface area (Å²) in [5.41, 5.74) is 5.66. The predicted molar refractivity (Wildman–Crippen MR) is 173 cm³/mol. The molecule has 2 aliphatic rings. The van der Waals surface area contributed by atoms with Gasteiger partial charge in [-0.3, -0.25) is 19.6 Å². The Hall–Kier alpha value is -3.26. The quantitative estimate of drug-likeness (QED) is 0.284. The van der Waals surface area contributed by atoms with Crippen molar-refractivity contribution in [1.82, 2.24) is 14.8 Å². The average Bonchev–Trinajstić information content (AvgIpc) is 3.03. The third kappa shape index (κ3) is 9.36. The van der Waals surface area contributed by atoms with Gasteiger partial charge in [0.2, 0.25) is 0 Å². The van der Waals surface area contributed by atoms with E-state index in [2.05, 4.69) is 57.2 Å². The Balaban J connectivity index is 1.37. The van der Waals surface area contributed by atoms with E-state index in [1.54, 1.807) is 7.11 Å². The highest BCUT2D eigenvalue weighted by Crippen LogP contribution is 2.30. The first-order chi connectivity index (χ1) is 21.2. The third-order valence-corrected chi connectivity index (χ3v) is 8.63. The highest BCUT2D eigenvalue weighted by molar-refractivity contribution is 5.95. The van der Waals surface area contributed by atoms with Gasteiger partial charge in [0.05, 0.1) is 0 Å². The summed E-state index contributed by atoms with van der Waals surface area (Å²) in [5.74, 6) is 0.957. The molecule has 1 amide bonds. The lowest BCUT2D eigenvalue weighted by atomic mass is 10.0. The molecular weight excluding hydrogens is 536 g/mol. The third-order valence-electron chi connectivity index (χ3n) is 8.63. The van der Waals surface area contributed by atoms with Crippen LogP contribution in [-0.2, 0) is 22.6 Å². The molecule has 3 heterocycles. The number of fused-ring (bicyclic) bond motifs is 1. The van der Waals surface area contributed by atoms with Crippen LogP contribution in [-0.4, -0.2) is 73.7 Å². The van der Waals surface area contributed by atoms with E-state index >= 15 is 0 Å². The maximum absolute atomic E-state index is 13.3. The number of ether oxygens (including phenoxy) is 2. The van der Waals surface area contributed by atoms with Crippen molar-refractivity contribution in [3.8, 4) is 16.9 Å². The van der Waals surface area contributed by atoms with Crippen molar-refractivity contribution in [3.63, 3.8) is 0 Å². The van der Waals surface area contributed by atoms with Crippen molar-refractivity contribution in [1.29, 1.82) is 0 Å². The van der Waals surface area contributed by atoms with Gasteiger partial charge in [-0.2, -0.15) is 0 Å². The van der Waals surface area contributed by atoms with Gasteiger partial charge < -0.3 is 14.4 Å². The van der Waals surface area contributed by atoms with Crippen LogP contribution < -0.4 is 9.64 Å². The van der Waals surface area contributed by atoms with Gasteiger partial charge in [-0.05, 0) is 104 Å². The molecule has 0 radical (unpaired) electrons. The molecule has 7 heteroatoms. The number of hydrogen-bond acceptors (Lipinski definition) is 6. The molecule has 0 bridgehead atoms. The highest BCUT2D eigenvalue weighted by Gasteiger charge is 2.21. The van der Waals surface area contributed by atoms with Crippen LogP contribution in [0.25, 0.3) is 11.1 Å². The SMILES string of the molecule is COCC(=O)N1CCCCCCCN(Cc2cccc(OCCN3CCCCC3)c2)Cc2cc(-c3ccncc3)ccc21. The molecule has 0 unspecified atom stereocenters. The van der Waals surface area contributed by atoms with Crippen LogP contribution in [0.2, 0.25) is 0 Å². The summed E-state index contributed by atoms with van der Waals surface area (Å²) in [6.45, 7) is 7.48. The Labute approximate surface area is 257 Å². The molecule has 3 aromatic rings. The lowest BCUT2D eigenvalue weighted by Crippen LogP contribution is -2.36. The molecule has 0 N–H and O–H groups in total. The van der Waals surface area contributed by atoms with Gasteiger partial charge in [0.25, 0.3) is 5.91 Å². The maximum Gasteiger partial charge on any atom is 0.252 e. The molecule has 0 spiro atoms. The Morgan fingerprint density at radius 1 is 0.791 bits per heavy atom. The first kappa shape index (κ1) is 31.2. The molecule has 0 saturated carbocycles. The zero-order valence-electron chi connectivity index (χ0n) is 25.9. The fraction of sp³-hybridized carbons (Fsp3) is 0.500. The number of aromatic nitrogens is 1. The van der Waals surface area contributed by atoms with Gasteiger partial charge in [-0.15, -0.1) is 0 Å². The first-order valence-electron chi connectivity index (χ1n) is 16.2. The molecule has 0 aliphatic carbocycles. The number of carbonyl (C=O) groups is 1. The zero-order valence-corrected chi connectivity index (χ0v) is 25.9. The van der Waals surface area contributed by atoms with E-state index in [0.29, 0.717) is 6.54 Å². The topological polar surface area (TPSA) is 58.1 Å². The van der Waals surface area contributed by atoms with Gasteiger partial charge in [-0.1, -0.05) is 43.9 Å². The number of hydrogen-bond donors (Lipinski definition) is 0. The average molecular weight is 585 g/mol. The van der Waals surface area contributed by atoms with Gasteiger partial charge >= 0.3 is 0 Å². The fourth-order valence-electron chi connectivity index (χ4n) is 6.34. The van der Waals surface area contributed by atoms with Gasteiger partial charge in [-0.25, -0.2) is 0 Å². The summed E-state index contributed by atoms with van der Waals surface area (Å²) in [7, 11) is 1.59. The number of likely N-dealkylation sites (tertiary alicyclic amines) is 1. The van der Waals surface area contributed by atoms with Gasteiger partial charge in [0.15, 0.2) is 0 Å². The van der Waals surface area contributed by atoms with Crippen molar-refractivity contribution >= 4 is 11.6 Å². The number of carbonyl (C=O) groups excluding carboxylic acids is 1. The van der Waals surface area contributed by atoms with E-state index in [4.69, 9.17) is 9.47 Å². The summed E-state index contributed by atoms with van der Waals surface area (Å²) < 4.78 is 11.5. The van der Waals surface area contributed by atoms with Crippen molar-refractivity contribution in [3.05, 3.63) is 78.1 Å². The molecule has 2 aromatic carbocycles. The zero-order chi connectivity index (χ0) is 29.7. The minimum absolute atomic E-state index is 0.0124. The highest BCUT2D eigenvalue weighted by atomic mass is 16.5. The molecule has 43 heavy (non-hydrogen) atoms. The summed E-state index contributed by atoms with van der Waals surface area (Å²) in [5, 5.41) is 0. The molecule has 5 rings (SSSR count). The number of benzene rings is 2. The van der Waals surface area contributed by atoms with E-state index in [1.807, 2.05) is 29.4 Å². The van der Waals surface area contributed by atoms with E-state index in [9.17, 15) is 4.79 Å². The van der Waals surface area contributed by atoms with Crippen LogP contribution >= 0.6 is 0 Å². The molecule has 1 fully saturated rings. The van der Waals surface area contributed by atoms with Crippen LogP contribution in [0.5, 0.6) is 5.75 Å². The normalized spacial score (nSPS) is 17.5. The molecule has 1 saturated heterocycles. The number of rotatable bonds is 9. The Morgan fingerprint density at radius 3 is 2.30 bits per heavy atom. The van der Waals surface area contributed by atoms with Crippen LogP contribution in [0.4, 0.5) is 5.69 Å². The smallest absolute Gasteiger partial charge is 0.252 e. The second kappa shape index (κ2) is 16.6. The molecule has 230 valence electrons. The monoisotopic (exact) mass is 584 g/mol. The summed E-state index contributed by atoms with van der Waals surface area (Å²) in [4.78, 5) is 24.5. The molecule has 0 atom stereocenters. The van der Waals surface area contributed by atoms with Gasteiger partial charge in [0.1, 0.15) is 19.0 Å². The van der Waals surface area contributed by atoms with Crippen LogP contribution in [0.3, 0.4) is 0 Å². The summed E-state index contributed by atoms with van der Waals surface area (Å²) in [6.07, 6.45) is 13.3. The van der Waals surface area contributed by atoms with Crippen molar-refractivity contribution in [2.45, 2.75) is 64.5 Å². The number of anilines is 1. The Kier molecular flexibility index (Phi) is 12.0. The molecule has 7 nitrogen and oxygen atoms in total. The second-order valence-electron chi connectivity index (χ2n) is 11.9. The van der Waals surface area contributed by atoms with Crippen molar-refractivity contribution in [2.75, 3.05) is 57.9 Å². The minimum Gasteiger partial charge on any atom is -0.492 e. The van der Waals surface area contributed by atoms with E-state index in [-0.39, 0.29) is 12.5 Å². The predicted octanol–water partition coefficient (Wildman–Crippen LogP) is 6.56. The molecule has 1 aromatic heterocycles. The summed E-state index contributed by atoms with van der Waals surface area (Å²) >= 11 is 0. The number of nitrogens with zero attached hydrogens (tertiary/aromatic N) is 4. The van der Waals surface area contributed by atoms with E-state index < -0.39 is 0 Å². The lowest BCUT2D eigenvalue weighted by molar-refractivity contribution is -0.122. The fourth-order valence-corrected chi connectivity index (χ4v) is 6.34. The number of amides is 1. The summed E-state index contributed by atoms with van der Waals surface area (Å²) in [6, 6.07) is 19.2. The van der Waals surface area contributed by atoms with Gasteiger partial charge in [0, 0.05) is 51.4 Å². The van der Waals surface area contributed by atoms with Crippen LogP contribution in [0.15, 0.2) is 67.0 Å². The number of pyridine rings is 1. The second-order valence-corrected chi connectivity index (χ2v) is 11.9. The van der Waals surface area contributed by atoms with E-state index in [1.165, 1.54) is 50.8 Å². The molecule has 2 aliphatic heterocycles.